The first-order chi connectivity index (χ1) is 8.76. The van der Waals surface area contributed by atoms with E-state index in [4.69, 9.17) is 16.3 Å². The van der Waals surface area contributed by atoms with Crippen LogP contribution in [0.5, 0.6) is 5.75 Å². The van der Waals surface area contributed by atoms with Gasteiger partial charge >= 0.3 is 0 Å². The third-order valence-electron chi connectivity index (χ3n) is 2.41. The average molecular weight is 279 g/mol. The van der Waals surface area contributed by atoms with Gasteiger partial charge in [-0.3, -0.25) is 4.79 Å². The molecule has 0 radical (unpaired) electrons. The molecule has 92 valence electrons. The summed E-state index contributed by atoms with van der Waals surface area (Å²) in [6.45, 7) is 0. The Kier molecular flexibility index (Phi) is 4.28. The molecule has 0 spiro atoms. The van der Waals surface area contributed by atoms with Gasteiger partial charge in [0.15, 0.2) is 6.29 Å². The van der Waals surface area contributed by atoms with Gasteiger partial charge in [-0.15, -0.1) is 0 Å². The number of halogens is 1. The van der Waals surface area contributed by atoms with E-state index in [-0.39, 0.29) is 0 Å². The number of ether oxygens (including phenoxy) is 1. The Morgan fingerprint density at radius 2 is 1.94 bits per heavy atom. The molecule has 0 amide bonds. The van der Waals surface area contributed by atoms with Crippen molar-refractivity contribution in [1.82, 2.24) is 0 Å². The maximum Gasteiger partial charge on any atom is 0.151 e. The number of benzene rings is 2. The Labute approximate surface area is 115 Å². The van der Waals surface area contributed by atoms with Crippen molar-refractivity contribution in [1.29, 1.82) is 0 Å². The number of aldehydes is 1. The molecule has 4 heteroatoms. The summed E-state index contributed by atoms with van der Waals surface area (Å²) < 4.78 is 5.28. The number of hydrogen-bond acceptors (Lipinski definition) is 3. The van der Waals surface area contributed by atoms with E-state index < -0.39 is 0 Å². The molecule has 0 saturated heterocycles. The Bertz CT molecular complexity index is 569. The Balaban J connectivity index is 2.42. The maximum absolute atomic E-state index is 11.0. The second kappa shape index (κ2) is 5.94. The molecule has 0 atom stereocenters. The van der Waals surface area contributed by atoms with E-state index in [0.717, 1.165) is 21.8 Å². The zero-order valence-electron chi connectivity index (χ0n) is 9.72. The molecule has 18 heavy (non-hydrogen) atoms. The largest absolute Gasteiger partial charge is 0.496 e. The molecule has 0 fully saturated rings. The number of hydrogen-bond donors (Lipinski definition) is 0. The van der Waals surface area contributed by atoms with Gasteiger partial charge in [-0.1, -0.05) is 47.6 Å². The Hall–Kier alpha value is -1.45. The first-order valence-electron chi connectivity index (χ1n) is 5.31. The van der Waals surface area contributed by atoms with Crippen molar-refractivity contribution in [3.8, 4) is 5.75 Å². The van der Waals surface area contributed by atoms with Gasteiger partial charge in [0.1, 0.15) is 5.75 Å². The summed E-state index contributed by atoms with van der Waals surface area (Å²) in [6, 6.07) is 12.9. The van der Waals surface area contributed by atoms with E-state index in [1.165, 1.54) is 11.8 Å². The van der Waals surface area contributed by atoms with Crippen LogP contribution >= 0.6 is 23.4 Å². The minimum Gasteiger partial charge on any atom is -0.496 e. The molecule has 0 aliphatic heterocycles. The molecule has 0 aliphatic rings. The van der Waals surface area contributed by atoms with Crippen LogP contribution in [0.1, 0.15) is 10.4 Å². The average Bonchev–Trinajstić information content (AvgIpc) is 2.41. The Morgan fingerprint density at radius 3 is 2.67 bits per heavy atom. The summed E-state index contributed by atoms with van der Waals surface area (Å²) in [7, 11) is 1.62. The van der Waals surface area contributed by atoms with Gasteiger partial charge < -0.3 is 4.74 Å². The monoisotopic (exact) mass is 278 g/mol. The van der Waals surface area contributed by atoms with Crippen LogP contribution in [0.15, 0.2) is 52.3 Å². The predicted molar refractivity (Wildman–Crippen MR) is 74.0 cm³/mol. The lowest BCUT2D eigenvalue weighted by Gasteiger charge is -2.10. The molecule has 2 aromatic carbocycles. The summed E-state index contributed by atoms with van der Waals surface area (Å²) in [5, 5.41) is 0.565. The third kappa shape index (κ3) is 2.68. The van der Waals surface area contributed by atoms with E-state index in [9.17, 15) is 4.79 Å². The second-order valence-electron chi connectivity index (χ2n) is 3.53. The maximum atomic E-state index is 11.0. The zero-order chi connectivity index (χ0) is 13.0. The molecule has 0 aromatic heterocycles. The van der Waals surface area contributed by atoms with E-state index >= 15 is 0 Å². The van der Waals surface area contributed by atoms with Crippen molar-refractivity contribution < 1.29 is 9.53 Å². The number of rotatable bonds is 4. The van der Waals surface area contributed by atoms with Crippen molar-refractivity contribution in [2.24, 2.45) is 0 Å². The fourth-order valence-corrected chi connectivity index (χ4v) is 2.85. The molecule has 2 nitrogen and oxygen atoms in total. The summed E-state index contributed by atoms with van der Waals surface area (Å²) in [5.74, 6) is 0.763. The summed E-state index contributed by atoms with van der Waals surface area (Å²) >= 11 is 7.56. The van der Waals surface area contributed by atoms with E-state index in [2.05, 4.69) is 0 Å². The Morgan fingerprint density at radius 1 is 1.17 bits per heavy atom. The zero-order valence-corrected chi connectivity index (χ0v) is 11.3. The van der Waals surface area contributed by atoms with Crippen LogP contribution in [0.25, 0.3) is 0 Å². The quantitative estimate of drug-likeness (QED) is 0.780. The van der Waals surface area contributed by atoms with E-state index in [1.54, 1.807) is 25.3 Å². The van der Waals surface area contributed by atoms with E-state index in [0.29, 0.717) is 10.6 Å². The van der Waals surface area contributed by atoms with Crippen molar-refractivity contribution >= 4 is 29.6 Å². The van der Waals surface area contributed by atoms with Crippen LogP contribution < -0.4 is 4.74 Å². The van der Waals surface area contributed by atoms with Gasteiger partial charge in [0, 0.05) is 10.5 Å². The molecule has 0 saturated carbocycles. The minimum atomic E-state index is 0.565. The van der Waals surface area contributed by atoms with Crippen molar-refractivity contribution in [2.75, 3.05) is 7.11 Å². The molecule has 2 aromatic rings. The lowest BCUT2D eigenvalue weighted by Crippen LogP contribution is -1.89. The smallest absolute Gasteiger partial charge is 0.151 e. The molecule has 0 bridgehead atoms. The van der Waals surface area contributed by atoms with Gasteiger partial charge in [-0.2, -0.15) is 0 Å². The highest BCUT2D eigenvalue weighted by atomic mass is 35.5. The highest BCUT2D eigenvalue weighted by Crippen LogP contribution is 2.39. The van der Waals surface area contributed by atoms with Crippen molar-refractivity contribution in [2.45, 2.75) is 9.79 Å². The summed E-state index contributed by atoms with van der Waals surface area (Å²) in [6.07, 6.45) is 0.809. The topological polar surface area (TPSA) is 26.3 Å². The molecule has 0 N–H and O–H groups in total. The fraction of sp³-hybridized carbons (Fsp3) is 0.0714. The highest BCUT2D eigenvalue weighted by Gasteiger charge is 2.11. The first-order valence-corrected chi connectivity index (χ1v) is 6.50. The van der Waals surface area contributed by atoms with Crippen molar-refractivity contribution in [3.63, 3.8) is 0 Å². The van der Waals surface area contributed by atoms with Gasteiger partial charge in [0.05, 0.1) is 17.0 Å². The van der Waals surface area contributed by atoms with Crippen LogP contribution in [-0.4, -0.2) is 13.4 Å². The van der Waals surface area contributed by atoms with Gasteiger partial charge in [0.2, 0.25) is 0 Å². The van der Waals surface area contributed by atoms with Gasteiger partial charge in [0.25, 0.3) is 0 Å². The summed E-state index contributed by atoms with van der Waals surface area (Å²) in [5.41, 5.74) is 0.582. The molecular formula is C14H11ClO2S. The lowest BCUT2D eigenvalue weighted by atomic mass is 10.2. The number of methoxy groups -OCH3 is 1. The number of carbonyl (C=O) groups excluding carboxylic acids is 1. The summed E-state index contributed by atoms with van der Waals surface area (Å²) in [4.78, 5) is 12.7. The van der Waals surface area contributed by atoms with Gasteiger partial charge in [-0.05, 0) is 18.2 Å². The second-order valence-corrected chi connectivity index (χ2v) is 4.99. The van der Waals surface area contributed by atoms with Gasteiger partial charge in [-0.25, -0.2) is 0 Å². The molecule has 2 rings (SSSR count). The standard InChI is InChI=1S/C14H11ClO2S/c1-17-12-7-2-3-8-13(12)18-14-10(9-16)5-4-6-11(14)15/h2-9H,1H3. The van der Waals surface area contributed by atoms with Crippen LogP contribution in [0.4, 0.5) is 0 Å². The normalized spacial score (nSPS) is 10.1. The third-order valence-corrected chi connectivity index (χ3v) is 4.05. The predicted octanol–water partition coefficient (Wildman–Crippen LogP) is 4.31. The highest BCUT2D eigenvalue weighted by molar-refractivity contribution is 7.99. The van der Waals surface area contributed by atoms with Crippen LogP contribution in [-0.2, 0) is 0 Å². The fourth-order valence-electron chi connectivity index (χ4n) is 1.54. The van der Waals surface area contributed by atoms with Crippen LogP contribution in [0.2, 0.25) is 5.02 Å². The molecule has 0 aliphatic carbocycles. The van der Waals surface area contributed by atoms with E-state index in [1.807, 2.05) is 24.3 Å². The van der Waals surface area contributed by atoms with Crippen LogP contribution in [0.3, 0.4) is 0 Å². The van der Waals surface area contributed by atoms with Crippen LogP contribution in [0, 0.1) is 0 Å². The van der Waals surface area contributed by atoms with Crippen molar-refractivity contribution in [3.05, 3.63) is 53.1 Å². The number of para-hydroxylation sites is 1. The molecule has 0 unspecified atom stereocenters. The SMILES string of the molecule is COc1ccccc1Sc1c(Cl)cccc1C=O. The molecular weight excluding hydrogens is 268 g/mol. The molecule has 0 heterocycles. The minimum absolute atomic E-state index is 0.565. The first kappa shape index (κ1) is 13.0. The number of carbonyl (C=O) groups is 1. The lowest BCUT2D eigenvalue weighted by molar-refractivity contribution is 0.112.